The smallest absolute Gasteiger partial charge is 0.160 e. The van der Waals surface area contributed by atoms with E-state index in [1.807, 2.05) is 55.0 Å². The van der Waals surface area contributed by atoms with Gasteiger partial charge in [0, 0.05) is 40.8 Å². The first-order valence-electron chi connectivity index (χ1n) is 16.5. The van der Waals surface area contributed by atoms with Gasteiger partial charge in [0.1, 0.15) is 0 Å². The van der Waals surface area contributed by atoms with Crippen LogP contribution in [0.5, 0.6) is 0 Å². The summed E-state index contributed by atoms with van der Waals surface area (Å²) in [6.45, 7) is 0. The first kappa shape index (κ1) is 27.6. The van der Waals surface area contributed by atoms with Crippen LogP contribution in [-0.2, 0) is 5.41 Å². The molecule has 2 aliphatic rings. The zero-order valence-corrected chi connectivity index (χ0v) is 26.5. The lowest BCUT2D eigenvalue weighted by Crippen LogP contribution is -2.26. The van der Waals surface area contributed by atoms with Gasteiger partial charge in [-0.05, 0) is 74.8 Å². The summed E-state index contributed by atoms with van der Waals surface area (Å²) in [6, 6.07) is 53.6. The average Bonchev–Trinajstić information content (AvgIpc) is 3.66. The highest BCUT2D eigenvalue weighted by Gasteiger charge is 2.52. The molecule has 0 bridgehead atoms. The number of hydrogen-bond donors (Lipinski definition) is 0. The maximum atomic E-state index is 5.10. The van der Waals surface area contributed by atoms with Crippen LogP contribution in [0.2, 0.25) is 0 Å². The molecule has 0 saturated carbocycles. The molecule has 1 unspecified atom stereocenters. The molecule has 0 radical (unpaired) electrons. The van der Waals surface area contributed by atoms with Crippen molar-refractivity contribution in [1.29, 1.82) is 0 Å². The van der Waals surface area contributed by atoms with Gasteiger partial charge in [-0.1, -0.05) is 121 Å². The fourth-order valence-electron chi connectivity index (χ4n) is 7.94. The Hall–Kier alpha value is -6.52. The molecule has 4 nitrogen and oxygen atoms in total. The number of nitrogens with zero attached hydrogens (tertiary/aromatic N) is 4. The summed E-state index contributed by atoms with van der Waals surface area (Å²) < 4.78 is 0. The third kappa shape index (κ3) is 4.11. The van der Waals surface area contributed by atoms with Crippen molar-refractivity contribution < 1.29 is 0 Å². The largest absolute Gasteiger partial charge is 0.264 e. The predicted molar refractivity (Wildman–Crippen MR) is 196 cm³/mol. The minimum atomic E-state index is -0.469. The second-order valence-corrected chi connectivity index (χ2v) is 12.7. The van der Waals surface area contributed by atoms with Gasteiger partial charge < -0.3 is 0 Å². The van der Waals surface area contributed by atoms with Crippen LogP contribution in [0, 0.1) is 0 Å². The molecule has 8 aromatic rings. The Labute approximate surface area is 284 Å². The Morgan fingerprint density at radius 3 is 1.90 bits per heavy atom. The van der Waals surface area contributed by atoms with E-state index in [2.05, 4.69) is 120 Å². The van der Waals surface area contributed by atoms with Crippen molar-refractivity contribution in [1.82, 2.24) is 19.9 Å². The molecule has 0 saturated heterocycles. The van der Waals surface area contributed by atoms with Gasteiger partial charge in [-0.3, -0.25) is 9.97 Å². The summed E-state index contributed by atoms with van der Waals surface area (Å²) in [5.74, 6) is 0.709. The van der Waals surface area contributed by atoms with E-state index in [0.717, 1.165) is 50.5 Å². The molecule has 3 heterocycles. The van der Waals surface area contributed by atoms with E-state index in [0.29, 0.717) is 5.82 Å². The van der Waals surface area contributed by atoms with Gasteiger partial charge in [0.15, 0.2) is 5.82 Å². The first-order chi connectivity index (χ1) is 24.3. The van der Waals surface area contributed by atoms with Crippen LogP contribution < -0.4 is 0 Å². The van der Waals surface area contributed by atoms with Gasteiger partial charge in [0.05, 0.1) is 22.5 Å². The normalized spacial score (nSPS) is 15.0. The fourth-order valence-corrected chi connectivity index (χ4v) is 7.94. The van der Waals surface area contributed by atoms with Crippen molar-refractivity contribution in [2.24, 2.45) is 0 Å². The Morgan fingerprint density at radius 2 is 1.04 bits per heavy atom. The van der Waals surface area contributed by atoms with E-state index >= 15 is 0 Å². The second kappa shape index (κ2) is 10.8. The minimum Gasteiger partial charge on any atom is -0.264 e. The van der Waals surface area contributed by atoms with Crippen molar-refractivity contribution in [2.75, 3.05) is 0 Å². The molecular formula is C45H28N4. The van der Waals surface area contributed by atoms with Crippen LogP contribution in [-0.4, -0.2) is 19.9 Å². The number of pyridine rings is 2. The molecule has 3 aromatic heterocycles. The topological polar surface area (TPSA) is 51.6 Å². The van der Waals surface area contributed by atoms with Crippen LogP contribution in [0.1, 0.15) is 22.3 Å². The summed E-state index contributed by atoms with van der Waals surface area (Å²) in [6.07, 6.45) is 5.77. The minimum absolute atomic E-state index is 0.469. The molecule has 4 heteroatoms. The predicted octanol–water partition coefficient (Wildman–Crippen LogP) is 10.3. The summed E-state index contributed by atoms with van der Waals surface area (Å²) in [4.78, 5) is 19.5. The number of rotatable bonds is 4. The molecule has 228 valence electrons. The summed E-state index contributed by atoms with van der Waals surface area (Å²) in [7, 11) is 0. The molecule has 10 rings (SSSR count). The van der Waals surface area contributed by atoms with Crippen LogP contribution in [0.25, 0.3) is 67.4 Å². The van der Waals surface area contributed by atoms with Crippen molar-refractivity contribution in [3.05, 3.63) is 193 Å². The Morgan fingerprint density at radius 1 is 0.388 bits per heavy atom. The van der Waals surface area contributed by atoms with E-state index in [4.69, 9.17) is 15.0 Å². The third-order valence-electron chi connectivity index (χ3n) is 10.1. The molecule has 1 spiro atoms. The SMILES string of the molecule is c1ccc(-c2cc(-c3cccc(-c4ccc5c(c4)C4(c6ccccc6-5)c5ccncc5-c5ncccc54)c3)nc(-c3ccccc3)n2)cc1. The monoisotopic (exact) mass is 624 g/mol. The highest BCUT2D eigenvalue weighted by molar-refractivity contribution is 5.95. The standard InChI is InChI=1S/C45H28N4/c1-3-11-29(12-4-1)41-27-42(49-44(48-41)30-13-5-2-6-14-30)33-16-9-15-31(25-33)32-20-21-35-34-17-7-8-18-37(34)45(40(35)26-32)38-22-24-46-28-36(38)43-39(45)19-10-23-47-43/h1-28H. The second-order valence-electron chi connectivity index (χ2n) is 12.7. The molecule has 0 N–H and O–H groups in total. The van der Waals surface area contributed by atoms with Crippen LogP contribution in [0.4, 0.5) is 0 Å². The van der Waals surface area contributed by atoms with E-state index < -0.39 is 5.41 Å². The molecule has 0 aliphatic heterocycles. The molecule has 0 fully saturated rings. The van der Waals surface area contributed by atoms with Crippen molar-refractivity contribution >= 4 is 0 Å². The first-order valence-corrected chi connectivity index (χ1v) is 16.5. The zero-order chi connectivity index (χ0) is 32.4. The quantitative estimate of drug-likeness (QED) is 0.196. The Kier molecular flexibility index (Phi) is 6.06. The average molecular weight is 625 g/mol. The number of hydrogen-bond acceptors (Lipinski definition) is 4. The highest BCUT2D eigenvalue weighted by atomic mass is 14.9. The van der Waals surface area contributed by atoms with Gasteiger partial charge in [-0.15, -0.1) is 0 Å². The van der Waals surface area contributed by atoms with Gasteiger partial charge in [0.25, 0.3) is 0 Å². The maximum absolute atomic E-state index is 5.10. The zero-order valence-electron chi connectivity index (χ0n) is 26.5. The van der Waals surface area contributed by atoms with E-state index in [-0.39, 0.29) is 0 Å². The van der Waals surface area contributed by atoms with Crippen LogP contribution in [0.3, 0.4) is 0 Å². The maximum Gasteiger partial charge on any atom is 0.160 e. The lowest BCUT2D eigenvalue weighted by Gasteiger charge is -2.30. The van der Waals surface area contributed by atoms with E-state index in [9.17, 15) is 0 Å². The van der Waals surface area contributed by atoms with E-state index in [1.54, 1.807) is 0 Å². The Bertz CT molecular complexity index is 2440. The molecular weight excluding hydrogens is 597 g/mol. The molecule has 49 heavy (non-hydrogen) atoms. The number of fused-ring (bicyclic) bond motifs is 10. The van der Waals surface area contributed by atoms with Crippen molar-refractivity contribution in [3.8, 4) is 67.4 Å². The Balaban J connectivity index is 1.15. The lowest BCUT2D eigenvalue weighted by atomic mass is 9.70. The fraction of sp³-hybridized carbons (Fsp3) is 0.0222. The molecule has 1 atom stereocenters. The lowest BCUT2D eigenvalue weighted by molar-refractivity contribution is 0.790. The number of aromatic nitrogens is 4. The van der Waals surface area contributed by atoms with Gasteiger partial charge in [-0.2, -0.15) is 0 Å². The van der Waals surface area contributed by atoms with Gasteiger partial charge >= 0.3 is 0 Å². The van der Waals surface area contributed by atoms with Gasteiger partial charge in [0.2, 0.25) is 0 Å². The molecule has 5 aromatic carbocycles. The highest BCUT2D eigenvalue weighted by Crippen LogP contribution is 2.62. The van der Waals surface area contributed by atoms with Crippen LogP contribution in [0.15, 0.2) is 170 Å². The van der Waals surface area contributed by atoms with Gasteiger partial charge in [-0.25, -0.2) is 9.97 Å². The molecule has 0 amide bonds. The summed E-state index contributed by atoms with van der Waals surface area (Å²) in [5.41, 5.74) is 16.3. The third-order valence-corrected chi connectivity index (χ3v) is 10.1. The van der Waals surface area contributed by atoms with Crippen molar-refractivity contribution in [2.45, 2.75) is 5.41 Å². The molecule has 2 aliphatic carbocycles. The summed E-state index contributed by atoms with van der Waals surface area (Å²) >= 11 is 0. The number of benzene rings is 5. The van der Waals surface area contributed by atoms with Crippen LogP contribution >= 0.6 is 0 Å². The van der Waals surface area contributed by atoms with Crippen molar-refractivity contribution in [3.63, 3.8) is 0 Å². The van der Waals surface area contributed by atoms with E-state index in [1.165, 1.54) is 33.4 Å². The summed E-state index contributed by atoms with van der Waals surface area (Å²) in [5, 5.41) is 0.